The lowest BCUT2D eigenvalue weighted by Crippen LogP contribution is -2.40. The summed E-state index contributed by atoms with van der Waals surface area (Å²) < 4.78 is 0. The van der Waals surface area contributed by atoms with Crippen LogP contribution in [0.25, 0.3) is 0 Å². The highest BCUT2D eigenvalue weighted by atomic mass is 35.5. The van der Waals surface area contributed by atoms with Crippen LogP contribution in [-0.2, 0) is 4.79 Å². The van der Waals surface area contributed by atoms with Crippen LogP contribution in [0.2, 0.25) is 10.0 Å². The Balaban J connectivity index is 1.81. The van der Waals surface area contributed by atoms with Gasteiger partial charge in [0.25, 0.3) is 5.91 Å². The van der Waals surface area contributed by atoms with Crippen molar-refractivity contribution in [1.82, 2.24) is 10.6 Å². The van der Waals surface area contributed by atoms with Crippen molar-refractivity contribution in [3.05, 3.63) is 33.8 Å². The third-order valence-electron chi connectivity index (χ3n) is 3.31. The fraction of sp³-hybridized carbons (Fsp3) is 0.429. The largest absolute Gasteiger partial charge is 0.352 e. The van der Waals surface area contributed by atoms with Crippen LogP contribution in [0, 0.1) is 0 Å². The zero-order valence-corrected chi connectivity index (χ0v) is 12.4. The predicted molar refractivity (Wildman–Crippen MR) is 79.2 cm³/mol. The Kier molecular flexibility index (Phi) is 5.26. The molecule has 0 heterocycles. The molecule has 0 atom stereocenters. The molecular formula is C14H16Cl2N2O2. The van der Waals surface area contributed by atoms with Crippen LogP contribution in [0.1, 0.15) is 36.0 Å². The summed E-state index contributed by atoms with van der Waals surface area (Å²) >= 11 is 11.6. The highest BCUT2D eigenvalue weighted by Crippen LogP contribution is 2.22. The van der Waals surface area contributed by atoms with Crippen LogP contribution in [0.15, 0.2) is 18.2 Å². The van der Waals surface area contributed by atoms with Gasteiger partial charge in [-0.15, -0.1) is 0 Å². The molecule has 6 heteroatoms. The average Bonchev–Trinajstić information content (AvgIpc) is 2.92. The monoisotopic (exact) mass is 314 g/mol. The zero-order chi connectivity index (χ0) is 14.5. The number of hydrogen-bond acceptors (Lipinski definition) is 2. The highest BCUT2D eigenvalue weighted by Gasteiger charge is 2.17. The van der Waals surface area contributed by atoms with E-state index in [1.165, 1.54) is 6.07 Å². The van der Waals surface area contributed by atoms with E-state index in [-0.39, 0.29) is 24.4 Å². The Morgan fingerprint density at radius 2 is 1.85 bits per heavy atom. The van der Waals surface area contributed by atoms with Crippen molar-refractivity contribution in [3.63, 3.8) is 0 Å². The number of halogens is 2. The lowest BCUT2D eigenvalue weighted by atomic mass is 10.2. The average molecular weight is 315 g/mol. The normalized spacial score (nSPS) is 15.1. The highest BCUT2D eigenvalue weighted by molar-refractivity contribution is 6.42. The van der Waals surface area contributed by atoms with Gasteiger partial charge in [0.15, 0.2) is 0 Å². The first-order valence-corrected chi connectivity index (χ1v) is 7.34. The molecule has 0 saturated heterocycles. The topological polar surface area (TPSA) is 58.2 Å². The van der Waals surface area contributed by atoms with Crippen LogP contribution in [0.3, 0.4) is 0 Å². The number of amides is 2. The zero-order valence-electron chi connectivity index (χ0n) is 10.9. The fourth-order valence-electron chi connectivity index (χ4n) is 2.25. The van der Waals surface area contributed by atoms with Gasteiger partial charge in [0, 0.05) is 11.6 Å². The van der Waals surface area contributed by atoms with Crippen molar-refractivity contribution in [2.24, 2.45) is 0 Å². The van der Waals surface area contributed by atoms with Crippen molar-refractivity contribution >= 4 is 35.0 Å². The number of carbonyl (C=O) groups excluding carboxylic acids is 2. The van der Waals surface area contributed by atoms with Gasteiger partial charge in [-0.3, -0.25) is 9.59 Å². The maximum absolute atomic E-state index is 11.9. The Labute approximate surface area is 127 Å². The van der Waals surface area contributed by atoms with Crippen molar-refractivity contribution in [2.45, 2.75) is 31.7 Å². The molecule has 0 aliphatic heterocycles. The SMILES string of the molecule is O=C(CNC(=O)c1ccc(Cl)c(Cl)c1)NC1CCCC1. The van der Waals surface area contributed by atoms with Gasteiger partial charge >= 0.3 is 0 Å². The smallest absolute Gasteiger partial charge is 0.251 e. The van der Waals surface area contributed by atoms with E-state index in [4.69, 9.17) is 23.2 Å². The quantitative estimate of drug-likeness (QED) is 0.897. The second-order valence-corrected chi connectivity index (χ2v) is 5.67. The minimum atomic E-state index is -0.342. The van der Waals surface area contributed by atoms with E-state index in [0.29, 0.717) is 15.6 Å². The fourth-order valence-corrected chi connectivity index (χ4v) is 2.55. The summed E-state index contributed by atoms with van der Waals surface area (Å²) in [4.78, 5) is 23.5. The minimum absolute atomic E-state index is 0.0322. The Morgan fingerprint density at radius 1 is 1.15 bits per heavy atom. The number of nitrogens with one attached hydrogen (secondary N) is 2. The van der Waals surface area contributed by atoms with Crippen LogP contribution >= 0.6 is 23.2 Å². The number of hydrogen-bond donors (Lipinski definition) is 2. The molecule has 1 aromatic rings. The molecule has 0 bridgehead atoms. The van der Waals surface area contributed by atoms with Crippen LogP contribution in [0.4, 0.5) is 0 Å². The lowest BCUT2D eigenvalue weighted by Gasteiger charge is -2.12. The molecule has 0 spiro atoms. The first-order chi connectivity index (χ1) is 9.56. The maximum Gasteiger partial charge on any atom is 0.251 e. The summed E-state index contributed by atoms with van der Waals surface area (Å²) in [5.41, 5.74) is 0.382. The van der Waals surface area contributed by atoms with Crippen LogP contribution in [-0.4, -0.2) is 24.4 Å². The third kappa shape index (κ3) is 4.12. The summed E-state index contributed by atoms with van der Waals surface area (Å²) in [5, 5.41) is 6.18. The maximum atomic E-state index is 11.9. The molecule has 20 heavy (non-hydrogen) atoms. The first-order valence-electron chi connectivity index (χ1n) is 6.59. The molecule has 108 valence electrons. The van der Waals surface area contributed by atoms with E-state index < -0.39 is 0 Å². The van der Waals surface area contributed by atoms with E-state index >= 15 is 0 Å². The molecule has 2 N–H and O–H groups in total. The van der Waals surface area contributed by atoms with Crippen molar-refractivity contribution in [1.29, 1.82) is 0 Å². The minimum Gasteiger partial charge on any atom is -0.352 e. The van der Waals surface area contributed by atoms with Gasteiger partial charge < -0.3 is 10.6 Å². The van der Waals surface area contributed by atoms with Gasteiger partial charge in [0.05, 0.1) is 16.6 Å². The van der Waals surface area contributed by atoms with E-state index in [2.05, 4.69) is 10.6 Å². The lowest BCUT2D eigenvalue weighted by molar-refractivity contribution is -0.120. The molecule has 0 aromatic heterocycles. The second kappa shape index (κ2) is 6.95. The van der Waals surface area contributed by atoms with Gasteiger partial charge in [0.2, 0.25) is 5.91 Å². The summed E-state index contributed by atoms with van der Waals surface area (Å²) in [7, 11) is 0. The van der Waals surface area contributed by atoms with Crippen molar-refractivity contribution < 1.29 is 9.59 Å². The predicted octanol–water partition coefficient (Wildman–Crippen LogP) is 2.78. The summed E-state index contributed by atoms with van der Waals surface area (Å²) in [6.45, 7) is -0.0322. The molecule has 0 unspecified atom stereocenters. The molecule has 1 aliphatic rings. The summed E-state index contributed by atoms with van der Waals surface area (Å²) in [6, 6.07) is 4.86. The molecule has 2 rings (SSSR count). The van der Waals surface area contributed by atoms with Gasteiger partial charge in [0.1, 0.15) is 0 Å². The molecule has 1 aliphatic carbocycles. The second-order valence-electron chi connectivity index (χ2n) is 4.86. The van der Waals surface area contributed by atoms with Gasteiger partial charge in [-0.25, -0.2) is 0 Å². The van der Waals surface area contributed by atoms with E-state index in [9.17, 15) is 9.59 Å². The van der Waals surface area contributed by atoms with Gasteiger partial charge in [-0.05, 0) is 31.0 Å². The molecular weight excluding hydrogens is 299 g/mol. The first kappa shape index (κ1) is 15.1. The Hall–Kier alpha value is -1.26. The Bertz CT molecular complexity index is 514. The van der Waals surface area contributed by atoms with Gasteiger partial charge in [-0.2, -0.15) is 0 Å². The van der Waals surface area contributed by atoms with Crippen LogP contribution in [0.5, 0.6) is 0 Å². The molecule has 2 amide bonds. The number of carbonyl (C=O) groups is 2. The summed E-state index contributed by atoms with van der Waals surface area (Å²) in [5.74, 6) is -0.504. The van der Waals surface area contributed by atoms with E-state index in [1.54, 1.807) is 12.1 Å². The molecule has 0 radical (unpaired) electrons. The van der Waals surface area contributed by atoms with Gasteiger partial charge in [-0.1, -0.05) is 36.0 Å². The van der Waals surface area contributed by atoms with Crippen LogP contribution < -0.4 is 10.6 Å². The number of rotatable bonds is 4. The Morgan fingerprint density at radius 3 is 2.50 bits per heavy atom. The van der Waals surface area contributed by atoms with Crippen molar-refractivity contribution in [3.8, 4) is 0 Å². The summed E-state index contributed by atoms with van der Waals surface area (Å²) in [6.07, 6.45) is 4.35. The number of benzene rings is 1. The van der Waals surface area contributed by atoms with Crippen molar-refractivity contribution in [2.75, 3.05) is 6.54 Å². The molecule has 1 aromatic carbocycles. The molecule has 1 saturated carbocycles. The third-order valence-corrected chi connectivity index (χ3v) is 4.05. The standard InChI is InChI=1S/C14H16Cl2N2O2/c15-11-6-5-9(7-12(11)16)14(20)17-8-13(19)18-10-3-1-2-4-10/h5-7,10H,1-4,8H2,(H,17,20)(H,18,19). The van der Waals surface area contributed by atoms with E-state index in [0.717, 1.165) is 25.7 Å². The molecule has 4 nitrogen and oxygen atoms in total. The van der Waals surface area contributed by atoms with E-state index in [1.807, 2.05) is 0 Å². The molecule has 1 fully saturated rings.